The summed E-state index contributed by atoms with van der Waals surface area (Å²) in [5.41, 5.74) is 7.00. The molecular weight excluding hydrogens is 354 g/mol. The molecule has 0 saturated carbocycles. The Hall–Kier alpha value is -1.96. The van der Waals surface area contributed by atoms with Crippen molar-refractivity contribution >= 4 is 18.3 Å². The molecule has 8 heteroatoms. The van der Waals surface area contributed by atoms with E-state index in [1.165, 1.54) is 0 Å². The minimum absolute atomic E-state index is 0. The number of nitrogens with two attached hydrogens (primary N) is 1. The van der Waals surface area contributed by atoms with Crippen molar-refractivity contribution in [2.45, 2.75) is 31.9 Å². The molecule has 26 heavy (non-hydrogen) atoms. The van der Waals surface area contributed by atoms with E-state index in [2.05, 4.69) is 10.3 Å². The van der Waals surface area contributed by atoms with Crippen LogP contribution in [0.3, 0.4) is 0 Å². The summed E-state index contributed by atoms with van der Waals surface area (Å²) in [7, 11) is 0. The molecule has 2 aromatic rings. The average Bonchev–Trinajstić information content (AvgIpc) is 3.11. The molecule has 1 aliphatic heterocycles. The van der Waals surface area contributed by atoms with Gasteiger partial charge in [0, 0.05) is 19.7 Å². The van der Waals surface area contributed by atoms with Crippen molar-refractivity contribution in [1.29, 1.82) is 0 Å². The number of piperidine rings is 1. The van der Waals surface area contributed by atoms with E-state index in [1.54, 1.807) is 10.9 Å². The van der Waals surface area contributed by atoms with Gasteiger partial charge in [-0.15, -0.1) is 17.5 Å². The van der Waals surface area contributed by atoms with Gasteiger partial charge in [0.1, 0.15) is 0 Å². The zero-order chi connectivity index (χ0) is 17.5. The van der Waals surface area contributed by atoms with Crippen LogP contribution in [0.5, 0.6) is 0 Å². The van der Waals surface area contributed by atoms with Gasteiger partial charge in [-0.1, -0.05) is 35.5 Å². The van der Waals surface area contributed by atoms with Gasteiger partial charge in [-0.25, -0.2) is 4.68 Å². The zero-order valence-electron chi connectivity index (χ0n) is 14.8. The first-order chi connectivity index (χ1) is 12.3. The molecule has 3 rings (SSSR count). The number of benzene rings is 1. The quantitative estimate of drug-likeness (QED) is 0.740. The molecule has 142 valence electrons. The number of hydrogen-bond acceptors (Lipinski definition) is 5. The van der Waals surface area contributed by atoms with Crippen LogP contribution >= 0.6 is 12.4 Å². The molecule has 1 saturated heterocycles. The molecule has 2 N–H and O–H groups in total. The first kappa shape index (κ1) is 20.4. The van der Waals surface area contributed by atoms with E-state index in [-0.39, 0.29) is 24.4 Å². The van der Waals surface area contributed by atoms with Crippen molar-refractivity contribution in [3.05, 3.63) is 47.8 Å². The highest BCUT2D eigenvalue weighted by Crippen LogP contribution is 2.16. The fourth-order valence-electron chi connectivity index (χ4n) is 2.97. The van der Waals surface area contributed by atoms with Crippen LogP contribution in [0.25, 0.3) is 0 Å². The monoisotopic (exact) mass is 379 g/mol. The SMILES string of the molecule is Cl.NCCCOC1CCN(C(=O)c2cn(Cc3ccccc3)nn2)CC1. The second-order valence-electron chi connectivity index (χ2n) is 6.29. The van der Waals surface area contributed by atoms with Gasteiger partial charge in [0.05, 0.1) is 18.8 Å². The Labute approximate surface area is 159 Å². The van der Waals surface area contributed by atoms with Crippen LogP contribution in [0.2, 0.25) is 0 Å². The summed E-state index contributed by atoms with van der Waals surface area (Å²) in [6.07, 6.45) is 4.54. The van der Waals surface area contributed by atoms with Crippen LogP contribution in [0, 0.1) is 0 Å². The molecule has 1 aromatic heterocycles. The molecule has 1 aromatic carbocycles. The van der Waals surface area contributed by atoms with Crippen molar-refractivity contribution in [3.63, 3.8) is 0 Å². The summed E-state index contributed by atoms with van der Waals surface area (Å²) in [5.74, 6) is -0.0558. The normalized spacial score (nSPS) is 14.9. The van der Waals surface area contributed by atoms with Gasteiger partial charge in [0.25, 0.3) is 5.91 Å². The van der Waals surface area contributed by atoms with Gasteiger partial charge in [0.15, 0.2) is 5.69 Å². The van der Waals surface area contributed by atoms with Gasteiger partial charge in [-0.3, -0.25) is 4.79 Å². The van der Waals surface area contributed by atoms with Crippen LogP contribution in [0.4, 0.5) is 0 Å². The molecular formula is C18H26ClN5O2. The smallest absolute Gasteiger partial charge is 0.276 e. The Bertz CT molecular complexity index is 671. The lowest BCUT2D eigenvalue weighted by atomic mass is 10.1. The van der Waals surface area contributed by atoms with E-state index >= 15 is 0 Å². The number of carbonyl (C=O) groups is 1. The lowest BCUT2D eigenvalue weighted by Crippen LogP contribution is -2.41. The highest BCUT2D eigenvalue weighted by molar-refractivity contribution is 5.92. The fourth-order valence-corrected chi connectivity index (χ4v) is 2.97. The Morgan fingerprint density at radius 1 is 1.23 bits per heavy atom. The van der Waals surface area contributed by atoms with Crippen LogP contribution in [0.1, 0.15) is 35.3 Å². The lowest BCUT2D eigenvalue weighted by molar-refractivity contribution is 0.00829. The number of ether oxygens (including phenoxy) is 1. The maximum atomic E-state index is 12.6. The summed E-state index contributed by atoms with van der Waals surface area (Å²) in [6.45, 7) is 3.34. The van der Waals surface area contributed by atoms with Crippen LogP contribution < -0.4 is 5.73 Å². The molecule has 0 aliphatic carbocycles. The van der Waals surface area contributed by atoms with E-state index in [9.17, 15) is 4.79 Å². The minimum Gasteiger partial charge on any atom is -0.378 e. The largest absolute Gasteiger partial charge is 0.378 e. The summed E-state index contributed by atoms with van der Waals surface area (Å²) >= 11 is 0. The second-order valence-corrected chi connectivity index (χ2v) is 6.29. The summed E-state index contributed by atoms with van der Waals surface area (Å²) in [5, 5.41) is 8.12. The van der Waals surface area contributed by atoms with Crippen molar-refractivity contribution in [3.8, 4) is 0 Å². The lowest BCUT2D eigenvalue weighted by Gasteiger charge is -2.31. The predicted octanol–water partition coefficient (Wildman–Crippen LogP) is 1.72. The summed E-state index contributed by atoms with van der Waals surface area (Å²) < 4.78 is 7.48. The van der Waals surface area contributed by atoms with Crippen molar-refractivity contribution in [1.82, 2.24) is 19.9 Å². The molecule has 1 fully saturated rings. The number of aromatic nitrogens is 3. The van der Waals surface area contributed by atoms with E-state index in [1.807, 2.05) is 35.2 Å². The van der Waals surface area contributed by atoms with Gasteiger partial charge < -0.3 is 15.4 Å². The van der Waals surface area contributed by atoms with Crippen molar-refractivity contribution < 1.29 is 9.53 Å². The number of hydrogen-bond donors (Lipinski definition) is 1. The highest BCUT2D eigenvalue weighted by Gasteiger charge is 2.25. The highest BCUT2D eigenvalue weighted by atomic mass is 35.5. The first-order valence-corrected chi connectivity index (χ1v) is 8.81. The van der Waals surface area contributed by atoms with Crippen LogP contribution in [0.15, 0.2) is 36.5 Å². The summed E-state index contributed by atoms with van der Waals surface area (Å²) in [4.78, 5) is 14.4. The first-order valence-electron chi connectivity index (χ1n) is 8.81. The third-order valence-corrected chi connectivity index (χ3v) is 4.38. The van der Waals surface area contributed by atoms with E-state index in [0.717, 1.165) is 24.8 Å². The number of halogens is 1. The van der Waals surface area contributed by atoms with E-state index in [0.29, 0.717) is 38.5 Å². The molecule has 0 unspecified atom stereocenters. The summed E-state index contributed by atoms with van der Waals surface area (Å²) in [6, 6.07) is 10.00. The molecule has 0 bridgehead atoms. The third kappa shape index (κ3) is 5.52. The maximum Gasteiger partial charge on any atom is 0.276 e. The maximum absolute atomic E-state index is 12.6. The molecule has 0 radical (unpaired) electrons. The Balaban J connectivity index is 0.00000243. The van der Waals surface area contributed by atoms with Gasteiger partial charge in [0.2, 0.25) is 0 Å². The molecule has 1 amide bonds. The number of rotatable bonds is 7. The van der Waals surface area contributed by atoms with Crippen LogP contribution in [-0.4, -0.2) is 58.1 Å². The zero-order valence-corrected chi connectivity index (χ0v) is 15.6. The molecule has 1 aliphatic rings. The minimum atomic E-state index is -0.0558. The Kier molecular flexibility index (Phi) is 8.03. The van der Waals surface area contributed by atoms with E-state index in [4.69, 9.17) is 10.5 Å². The topological polar surface area (TPSA) is 86.3 Å². The van der Waals surface area contributed by atoms with Gasteiger partial charge in [-0.2, -0.15) is 0 Å². The number of carbonyl (C=O) groups excluding carboxylic acids is 1. The molecule has 7 nitrogen and oxygen atoms in total. The number of likely N-dealkylation sites (tertiary alicyclic amines) is 1. The molecule has 0 spiro atoms. The fraction of sp³-hybridized carbons (Fsp3) is 0.500. The van der Waals surface area contributed by atoms with Crippen LogP contribution in [-0.2, 0) is 11.3 Å². The van der Waals surface area contributed by atoms with E-state index < -0.39 is 0 Å². The van der Waals surface area contributed by atoms with Crippen molar-refractivity contribution in [2.75, 3.05) is 26.2 Å². The Morgan fingerprint density at radius 2 is 1.96 bits per heavy atom. The third-order valence-electron chi connectivity index (χ3n) is 4.38. The molecule has 0 atom stereocenters. The predicted molar refractivity (Wildman–Crippen MR) is 101 cm³/mol. The van der Waals surface area contributed by atoms with Crippen molar-refractivity contribution in [2.24, 2.45) is 5.73 Å². The number of amides is 1. The van der Waals surface area contributed by atoms with Gasteiger partial charge >= 0.3 is 0 Å². The van der Waals surface area contributed by atoms with Gasteiger partial charge in [-0.05, 0) is 31.4 Å². The number of nitrogens with zero attached hydrogens (tertiary/aromatic N) is 4. The standard InChI is InChI=1S/C18H25N5O2.ClH/c19-9-4-12-25-16-7-10-22(11-8-16)18(24)17-14-23(21-20-17)13-15-5-2-1-3-6-15;/h1-3,5-6,14,16H,4,7-13,19H2;1H. The average molecular weight is 380 g/mol. The second kappa shape index (κ2) is 10.3. The Morgan fingerprint density at radius 3 is 2.65 bits per heavy atom. The molecule has 2 heterocycles.